The van der Waals surface area contributed by atoms with Crippen molar-refractivity contribution in [3.05, 3.63) is 52.4 Å². The van der Waals surface area contributed by atoms with Crippen LogP contribution in [0.1, 0.15) is 30.1 Å². The molecule has 0 spiro atoms. The summed E-state index contributed by atoms with van der Waals surface area (Å²) in [5.74, 6) is -0.439. The third-order valence-corrected chi connectivity index (χ3v) is 9.58. The maximum Gasteiger partial charge on any atom is 0.258 e. The van der Waals surface area contributed by atoms with E-state index in [1.54, 1.807) is 23.1 Å². The number of amides is 2. The molecule has 32 heavy (non-hydrogen) atoms. The molecule has 0 aliphatic carbocycles. The molecule has 1 fully saturated rings. The van der Waals surface area contributed by atoms with E-state index >= 15 is 0 Å². The number of hydrogen-bond donors (Lipinski definition) is 1. The summed E-state index contributed by atoms with van der Waals surface area (Å²) in [5.41, 5.74) is 1.99. The molecule has 166 valence electrons. The van der Waals surface area contributed by atoms with Crippen molar-refractivity contribution in [2.24, 2.45) is 0 Å². The largest absolute Gasteiger partial charge is 0.324 e. The Morgan fingerprint density at radius 2 is 2.03 bits per heavy atom. The fourth-order valence-electron chi connectivity index (χ4n) is 4.53. The highest BCUT2D eigenvalue weighted by atomic mass is 35.5. The molecule has 7 nitrogen and oxygen atoms in total. The Hall–Kier alpha value is -2.46. The fraction of sp³-hybridized carbons (Fsp3) is 0.273. The van der Waals surface area contributed by atoms with Crippen LogP contribution in [0.15, 0.2) is 46.7 Å². The van der Waals surface area contributed by atoms with Crippen LogP contribution in [0.4, 0.5) is 11.4 Å². The number of carbonyl (C=O) groups is 2. The van der Waals surface area contributed by atoms with E-state index in [-0.39, 0.29) is 22.6 Å². The molecule has 1 unspecified atom stereocenters. The van der Waals surface area contributed by atoms with E-state index in [0.29, 0.717) is 35.0 Å². The Bertz CT molecular complexity index is 1370. The number of nitrogens with one attached hydrogen (secondary N) is 1. The molecule has 3 aromatic rings. The van der Waals surface area contributed by atoms with Gasteiger partial charge in [0, 0.05) is 35.1 Å². The van der Waals surface area contributed by atoms with Gasteiger partial charge in [-0.15, -0.1) is 11.3 Å². The van der Waals surface area contributed by atoms with Gasteiger partial charge in [0.2, 0.25) is 5.91 Å². The highest BCUT2D eigenvalue weighted by molar-refractivity contribution is 7.91. The smallest absolute Gasteiger partial charge is 0.258 e. The minimum atomic E-state index is -3.81. The first kappa shape index (κ1) is 21.4. The Balaban J connectivity index is 1.47. The number of nitrogens with zero attached hydrogens (tertiary/aromatic N) is 2. The van der Waals surface area contributed by atoms with E-state index in [1.165, 1.54) is 16.4 Å². The third kappa shape index (κ3) is 3.23. The predicted molar refractivity (Wildman–Crippen MR) is 126 cm³/mol. The lowest BCUT2D eigenvalue weighted by molar-refractivity contribution is -0.119. The topological polar surface area (TPSA) is 86.8 Å². The van der Waals surface area contributed by atoms with Crippen LogP contribution >= 0.6 is 22.9 Å². The van der Waals surface area contributed by atoms with Crippen molar-refractivity contribution in [2.45, 2.75) is 30.0 Å². The second kappa shape index (κ2) is 7.84. The van der Waals surface area contributed by atoms with Gasteiger partial charge in [-0.3, -0.25) is 9.59 Å². The van der Waals surface area contributed by atoms with Gasteiger partial charge in [0.05, 0.1) is 10.0 Å². The minimum absolute atomic E-state index is 0.0563. The number of carbonyl (C=O) groups excluding carboxylic acids is 2. The summed E-state index contributed by atoms with van der Waals surface area (Å²) in [4.78, 5) is 27.6. The molecule has 1 N–H and O–H groups in total. The van der Waals surface area contributed by atoms with Gasteiger partial charge >= 0.3 is 0 Å². The van der Waals surface area contributed by atoms with Crippen LogP contribution < -0.4 is 10.2 Å². The maximum atomic E-state index is 13.2. The van der Waals surface area contributed by atoms with Crippen molar-refractivity contribution < 1.29 is 18.0 Å². The molecule has 2 aromatic carbocycles. The monoisotopic (exact) mass is 489 g/mol. The lowest BCUT2D eigenvalue weighted by Crippen LogP contribution is -2.42. The second-order valence-electron chi connectivity index (χ2n) is 7.73. The van der Waals surface area contributed by atoms with E-state index < -0.39 is 16.1 Å². The van der Waals surface area contributed by atoms with Crippen LogP contribution in [0.25, 0.3) is 10.8 Å². The Kier molecular flexibility index (Phi) is 5.24. The van der Waals surface area contributed by atoms with E-state index in [0.717, 1.165) is 27.8 Å². The van der Waals surface area contributed by atoms with Gasteiger partial charge in [0.1, 0.15) is 10.3 Å². The van der Waals surface area contributed by atoms with Gasteiger partial charge in [0.25, 0.3) is 15.9 Å². The molecule has 0 bridgehead atoms. The summed E-state index contributed by atoms with van der Waals surface area (Å²) in [6, 6.07) is 11.2. The van der Waals surface area contributed by atoms with E-state index in [4.69, 9.17) is 11.6 Å². The molecule has 10 heteroatoms. The number of hydrogen-bond acceptors (Lipinski definition) is 5. The number of halogens is 1. The van der Waals surface area contributed by atoms with Crippen molar-refractivity contribution in [3.63, 3.8) is 0 Å². The van der Waals surface area contributed by atoms with Gasteiger partial charge in [-0.2, -0.15) is 4.31 Å². The first-order valence-electron chi connectivity index (χ1n) is 10.3. The van der Waals surface area contributed by atoms with Crippen molar-refractivity contribution in [1.82, 2.24) is 4.31 Å². The number of thiophene rings is 1. The van der Waals surface area contributed by atoms with E-state index in [9.17, 15) is 18.0 Å². The molecule has 5 rings (SSSR count). The summed E-state index contributed by atoms with van der Waals surface area (Å²) >= 11 is 6.91. The minimum Gasteiger partial charge on any atom is -0.324 e. The molecule has 2 amide bonds. The molecule has 2 aliphatic heterocycles. The van der Waals surface area contributed by atoms with Gasteiger partial charge in [-0.25, -0.2) is 8.42 Å². The van der Waals surface area contributed by atoms with Crippen LogP contribution in [0.3, 0.4) is 0 Å². The normalized spacial score (nSPS) is 18.6. The third-order valence-electron chi connectivity index (χ3n) is 5.98. The summed E-state index contributed by atoms with van der Waals surface area (Å²) < 4.78 is 27.9. The molecule has 1 saturated heterocycles. The highest BCUT2D eigenvalue weighted by Crippen LogP contribution is 2.41. The second-order valence-corrected chi connectivity index (χ2v) is 11.6. The predicted octanol–water partition coefficient (Wildman–Crippen LogP) is 4.33. The molecular formula is C22H20ClN3O4S2. The summed E-state index contributed by atoms with van der Waals surface area (Å²) in [5, 5.41) is 4.48. The molecule has 2 aliphatic rings. The molecule has 0 radical (unpaired) electrons. The quantitative estimate of drug-likeness (QED) is 0.578. The first-order valence-corrected chi connectivity index (χ1v) is 12.9. The molecule has 1 atom stereocenters. The van der Waals surface area contributed by atoms with Crippen molar-refractivity contribution in [2.75, 3.05) is 23.3 Å². The zero-order valence-electron chi connectivity index (χ0n) is 17.2. The zero-order chi connectivity index (χ0) is 22.6. The number of anilines is 2. The number of benzene rings is 2. The summed E-state index contributed by atoms with van der Waals surface area (Å²) in [7, 11) is -3.81. The number of sulfonamides is 1. The maximum absolute atomic E-state index is 13.2. The lowest BCUT2D eigenvalue weighted by Gasteiger charge is -2.23. The van der Waals surface area contributed by atoms with Crippen molar-refractivity contribution in [3.8, 4) is 0 Å². The zero-order valence-corrected chi connectivity index (χ0v) is 19.6. The SMILES string of the molecule is CCN1C(=O)c2cccc3c(NC(=O)C4CCCN4S(=O)(=O)c4ccc(Cl)s4)ccc1c23. The van der Waals surface area contributed by atoms with Crippen LogP contribution in [0.2, 0.25) is 4.34 Å². The molecule has 3 heterocycles. The van der Waals surface area contributed by atoms with Crippen LogP contribution in [0, 0.1) is 0 Å². The van der Waals surface area contributed by atoms with Crippen LogP contribution in [-0.2, 0) is 14.8 Å². The Labute approximate surface area is 194 Å². The van der Waals surface area contributed by atoms with Crippen molar-refractivity contribution >= 4 is 66.9 Å². The molecular weight excluding hydrogens is 470 g/mol. The van der Waals surface area contributed by atoms with Crippen molar-refractivity contribution in [1.29, 1.82) is 0 Å². The number of rotatable bonds is 5. The lowest BCUT2D eigenvalue weighted by atomic mass is 10.0. The van der Waals surface area contributed by atoms with Gasteiger partial charge in [-0.1, -0.05) is 23.7 Å². The Morgan fingerprint density at radius 3 is 2.75 bits per heavy atom. The summed E-state index contributed by atoms with van der Waals surface area (Å²) in [6.07, 6.45) is 1.04. The Morgan fingerprint density at radius 1 is 1.22 bits per heavy atom. The van der Waals surface area contributed by atoms with E-state index in [2.05, 4.69) is 5.32 Å². The van der Waals surface area contributed by atoms with Gasteiger partial charge < -0.3 is 10.2 Å². The fourth-order valence-corrected chi connectivity index (χ4v) is 7.80. The van der Waals surface area contributed by atoms with Gasteiger partial charge in [-0.05, 0) is 50.1 Å². The van der Waals surface area contributed by atoms with Crippen LogP contribution in [-0.4, -0.2) is 43.7 Å². The first-order chi connectivity index (χ1) is 15.3. The molecule has 1 aromatic heterocycles. The average Bonchev–Trinajstić information content (AvgIpc) is 3.50. The average molecular weight is 490 g/mol. The highest BCUT2D eigenvalue weighted by Gasteiger charge is 2.40. The van der Waals surface area contributed by atoms with Gasteiger partial charge in [0.15, 0.2) is 0 Å². The molecule has 0 saturated carbocycles. The standard InChI is InChI=1S/C22H20ClN3O4S2/c1-2-25-16-9-8-15(13-5-3-6-14(20(13)16)22(25)28)24-21(27)17-7-4-12-26(17)32(29,30)19-11-10-18(23)31-19/h3,5-6,8-11,17H,2,4,7,12H2,1H3,(H,24,27). The summed E-state index contributed by atoms with van der Waals surface area (Å²) in [6.45, 7) is 2.75. The van der Waals surface area contributed by atoms with E-state index in [1.807, 2.05) is 19.1 Å². The van der Waals surface area contributed by atoms with Crippen LogP contribution in [0.5, 0.6) is 0 Å².